The Morgan fingerprint density at radius 2 is 1.07 bits per heavy atom. The van der Waals surface area contributed by atoms with Gasteiger partial charge in [-0.3, -0.25) is 0 Å². The summed E-state index contributed by atoms with van der Waals surface area (Å²) in [4.78, 5) is 0. The largest absolute Gasteiger partial charge is 0.168 e. The second-order valence-electron chi connectivity index (χ2n) is 6.47. The van der Waals surface area contributed by atoms with Crippen molar-refractivity contribution in [3.8, 4) is 0 Å². The molecule has 0 radical (unpaired) electrons. The van der Waals surface area contributed by atoms with E-state index in [1.54, 1.807) is 23.3 Å². The summed E-state index contributed by atoms with van der Waals surface area (Å²) in [7, 11) is 0. The average Bonchev–Trinajstić information content (AvgIpc) is 3.26. The van der Waals surface area contributed by atoms with Gasteiger partial charge in [0.05, 0.1) is 0 Å². The number of rotatable bonds is 0. The average molecular weight is 503 g/mol. The maximum atomic E-state index is 2.31. The maximum Gasteiger partial charge on any atom is -0.0771 e. The van der Waals surface area contributed by atoms with E-state index in [1.165, 1.54) is 32.3 Å². The normalized spacial score (nSPS) is 9.43. The molecule has 0 saturated heterocycles. The van der Waals surface area contributed by atoms with E-state index in [0.717, 1.165) is 0 Å². The topological polar surface area (TPSA) is 0 Å². The first kappa shape index (κ1) is 24.9. The van der Waals surface area contributed by atoms with Crippen LogP contribution in [0.15, 0.2) is 97.1 Å². The zero-order chi connectivity index (χ0) is 18.4. The fourth-order valence-electron chi connectivity index (χ4n) is 2.97. The van der Waals surface area contributed by atoms with Crippen LogP contribution in [0.25, 0.3) is 32.3 Å². The maximum absolute atomic E-state index is 2.31. The predicted octanol–water partition coefficient (Wildman–Crippen LogP) is 7.90. The number of hydrogen-bond acceptors (Lipinski definition) is 0. The Morgan fingerprint density at radius 3 is 1.57 bits per heavy atom. The third-order valence-electron chi connectivity index (χ3n) is 4.07. The molecule has 0 fully saturated rings. The van der Waals surface area contributed by atoms with Gasteiger partial charge in [0.15, 0.2) is 0 Å². The summed E-state index contributed by atoms with van der Waals surface area (Å²) in [5.41, 5.74) is 0.210. The Morgan fingerprint density at radius 1 is 0.643 bits per heavy atom. The van der Waals surface area contributed by atoms with Crippen molar-refractivity contribution in [2.45, 2.75) is 13.1 Å². The number of halogens is 2. The van der Waals surface area contributed by atoms with Crippen molar-refractivity contribution in [3.63, 3.8) is 0 Å². The van der Waals surface area contributed by atoms with E-state index in [1.807, 2.05) is 0 Å². The van der Waals surface area contributed by atoms with Crippen molar-refractivity contribution in [1.29, 1.82) is 0 Å². The fraction of sp³-hybridized carbons (Fsp3) is 0.0833. The Bertz CT molecular complexity index is 1060. The van der Waals surface area contributed by atoms with Crippen LogP contribution in [0, 0.1) is 0 Å². The molecule has 0 aliphatic carbocycles. The molecule has 0 aromatic heterocycles. The summed E-state index contributed by atoms with van der Waals surface area (Å²) in [6, 6.07) is 33.9. The summed E-state index contributed by atoms with van der Waals surface area (Å²) >= 11 is 1.74. The second-order valence-corrected chi connectivity index (χ2v) is 15.8. The number of fused-ring (bicyclic) bond motifs is 4. The zero-order valence-electron chi connectivity index (χ0n) is 16.1. The quantitative estimate of drug-likeness (QED) is 0.149. The minimum atomic E-state index is 0. The van der Waals surface area contributed by atoms with Crippen LogP contribution in [0.3, 0.4) is 0 Å². The summed E-state index contributed by atoms with van der Waals surface area (Å²) in [6.45, 7) is 4.62. The van der Waals surface area contributed by atoms with Crippen molar-refractivity contribution < 1.29 is 23.3 Å². The van der Waals surface area contributed by atoms with E-state index in [-0.39, 0.29) is 30.2 Å². The van der Waals surface area contributed by atoms with Crippen LogP contribution in [0.1, 0.15) is 0 Å². The third kappa shape index (κ3) is 6.71. The van der Waals surface area contributed by atoms with Gasteiger partial charge in [-0.2, -0.15) is 17.5 Å². The van der Waals surface area contributed by atoms with Crippen molar-refractivity contribution in [3.05, 3.63) is 97.1 Å². The van der Waals surface area contributed by atoms with Gasteiger partial charge in [0.2, 0.25) is 0 Å². The van der Waals surface area contributed by atoms with Crippen molar-refractivity contribution in [2.75, 3.05) is 0 Å². The molecule has 0 N–H and O–H groups in total. The van der Waals surface area contributed by atoms with Crippen LogP contribution in [0.4, 0.5) is 0 Å². The molecule has 0 atom stereocenters. The molecular formula is C24H24Cl2SiZr. The molecular weight excluding hydrogens is 478 g/mol. The van der Waals surface area contributed by atoms with E-state index in [9.17, 15) is 0 Å². The van der Waals surface area contributed by atoms with Gasteiger partial charge in [0.1, 0.15) is 0 Å². The van der Waals surface area contributed by atoms with Gasteiger partial charge in [-0.15, -0.1) is 94.2 Å². The van der Waals surface area contributed by atoms with Gasteiger partial charge in [-0.25, -0.2) is 0 Å². The monoisotopic (exact) mass is 500 g/mol. The first-order chi connectivity index (χ1) is 12.6. The molecule has 28 heavy (non-hydrogen) atoms. The molecule has 5 rings (SSSR count). The van der Waals surface area contributed by atoms with Gasteiger partial charge in [-0.1, -0.05) is 42.5 Å². The van der Waals surface area contributed by atoms with E-state index < -0.39 is 0 Å². The minimum Gasteiger partial charge on any atom is -0.168 e. The van der Waals surface area contributed by atoms with Crippen molar-refractivity contribution in [2.24, 2.45) is 0 Å². The summed E-state index contributed by atoms with van der Waals surface area (Å²) in [5, 5.41) is 8.05. The first-order valence-electron chi connectivity index (χ1n) is 8.80. The minimum absolute atomic E-state index is 0. The Balaban J connectivity index is 0.000000231. The van der Waals surface area contributed by atoms with E-state index in [4.69, 9.17) is 0 Å². The molecule has 5 aromatic carbocycles. The summed E-state index contributed by atoms with van der Waals surface area (Å²) < 4.78 is 0. The zero-order valence-corrected chi connectivity index (χ0v) is 21.1. The molecule has 0 saturated carbocycles. The molecule has 4 heteroatoms. The van der Waals surface area contributed by atoms with Crippen LogP contribution in [-0.2, 0) is 23.3 Å². The molecule has 0 spiro atoms. The van der Waals surface area contributed by atoms with Gasteiger partial charge < -0.3 is 0 Å². The molecule has 0 aliphatic heterocycles. The molecule has 0 heterocycles. The van der Waals surface area contributed by atoms with Crippen LogP contribution < -0.4 is 0 Å². The van der Waals surface area contributed by atoms with Crippen LogP contribution in [0.5, 0.6) is 0 Å². The fourth-order valence-corrected chi connectivity index (χ4v) is 2.97. The second kappa shape index (κ2) is 12.4. The number of benzene rings is 3. The van der Waals surface area contributed by atoms with Crippen LogP contribution in [-0.4, -0.2) is 5.43 Å². The standard InChI is InChI=1S/C13H9.C9H7.C2H6Si.2ClH.Zr/c1-3-7-12-10(5-1)9-11-6-2-4-8-13(11)12;1-2-5-9-7-3-6-8(9)4-1;1-3-2;;;/h1-9H;1-7H;1-2H3;2*1H;/q2*-1;;;;+2. The smallest absolute Gasteiger partial charge is 0.0771 e. The Labute approximate surface area is 194 Å². The van der Waals surface area contributed by atoms with Gasteiger partial charge in [0.25, 0.3) is 0 Å². The SMILES string of the molecule is C[Si](C)=[Zr+2].Cl.Cl.c1ccc2[cH-]ccc2c1.c1ccc2c(c1)[cH-]c1ccccc12. The van der Waals surface area contributed by atoms with Crippen LogP contribution >= 0.6 is 24.8 Å². The van der Waals surface area contributed by atoms with E-state index in [0.29, 0.717) is 0 Å². The summed E-state index contributed by atoms with van der Waals surface area (Å²) in [5.74, 6) is 0. The molecule has 5 aromatic rings. The van der Waals surface area contributed by atoms with Gasteiger partial charge >= 0.3 is 41.9 Å². The van der Waals surface area contributed by atoms with Crippen molar-refractivity contribution >= 4 is 62.6 Å². The van der Waals surface area contributed by atoms with Gasteiger partial charge in [0, 0.05) is 0 Å². The third-order valence-corrected chi connectivity index (χ3v) is 4.07. The van der Waals surface area contributed by atoms with E-state index in [2.05, 4.69) is 110 Å². The predicted molar refractivity (Wildman–Crippen MR) is 129 cm³/mol. The molecule has 0 aliphatic rings. The number of hydrogen-bond donors (Lipinski definition) is 0. The Hall–Kier alpha value is -1.18. The molecule has 0 amide bonds. The summed E-state index contributed by atoms with van der Waals surface area (Å²) in [6.07, 6.45) is 0. The Kier molecular flexibility index (Phi) is 11.0. The molecule has 142 valence electrons. The van der Waals surface area contributed by atoms with Gasteiger partial charge in [-0.05, 0) is 0 Å². The molecule has 0 unspecified atom stereocenters. The van der Waals surface area contributed by atoms with E-state index >= 15 is 0 Å². The first-order valence-corrected chi connectivity index (χ1v) is 15.0. The molecule has 0 bridgehead atoms. The van der Waals surface area contributed by atoms with Crippen LogP contribution in [0.2, 0.25) is 13.1 Å². The molecule has 0 nitrogen and oxygen atoms in total. The van der Waals surface area contributed by atoms with Crippen molar-refractivity contribution in [1.82, 2.24) is 0 Å².